The van der Waals surface area contributed by atoms with Crippen LogP contribution in [0.1, 0.15) is 44.2 Å². The smallest absolute Gasteiger partial charge is 0.235 e. The summed E-state index contributed by atoms with van der Waals surface area (Å²) in [6, 6.07) is 6.26. The molecule has 1 aliphatic carbocycles. The van der Waals surface area contributed by atoms with Crippen molar-refractivity contribution in [1.82, 2.24) is 0 Å². The molecule has 0 bridgehead atoms. The average Bonchev–Trinajstić information content (AvgIpc) is 2.56. The highest BCUT2D eigenvalue weighted by atomic mass is 16.5. The van der Waals surface area contributed by atoms with Crippen molar-refractivity contribution >= 4 is 6.08 Å². The Labute approximate surface area is 107 Å². The van der Waals surface area contributed by atoms with Crippen LogP contribution in [0.3, 0.4) is 0 Å². The maximum absolute atomic E-state index is 10.6. The van der Waals surface area contributed by atoms with Crippen molar-refractivity contribution in [3.63, 3.8) is 0 Å². The molecule has 1 saturated carbocycles. The maximum atomic E-state index is 10.6. The summed E-state index contributed by atoms with van der Waals surface area (Å²) in [5, 5.41) is 0. The van der Waals surface area contributed by atoms with Crippen LogP contribution in [-0.2, 0) is 16.8 Å². The van der Waals surface area contributed by atoms with Gasteiger partial charge < -0.3 is 4.74 Å². The number of rotatable bonds is 2. The summed E-state index contributed by atoms with van der Waals surface area (Å²) in [5.74, 6) is 0.949. The zero-order valence-corrected chi connectivity index (χ0v) is 10.8. The van der Waals surface area contributed by atoms with Crippen molar-refractivity contribution < 1.29 is 9.53 Å². The lowest BCUT2D eigenvalue weighted by Crippen LogP contribution is -2.31. The molecule has 1 fully saturated rings. The molecule has 0 spiro atoms. The van der Waals surface area contributed by atoms with Crippen LogP contribution >= 0.6 is 0 Å². The van der Waals surface area contributed by atoms with Crippen LogP contribution in [0.2, 0.25) is 0 Å². The van der Waals surface area contributed by atoms with E-state index in [0.29, 0.717) is 0 Å². The van der Waals surface area contributed by atoms with Crippen molar-refractivity contribution in [2.24, 2.45) is 4.99 Å². The first kappa shape index (κ1) is 11.5. The molecular formula is C15H17NO2. The summed E-state index contributed by atoms with van der Waals surface area (Å²) in [4.78, 5) is 14.6. The van der Waals surface area contributed by atoms with Gasteiger partial charge >= 0.3 is 0 Å². The van der Waals surface area contributed by atoms with E-state index < -0.39 is 0 Å². The summed E-state index contributed by atoms with van der Waals surface area (Å²) in [6.45, 7) is 4.19. The number of isocyanates is 1. The summed E-state index contributed by atoms with van der Waals surface area (Å²) >= 11 is 0. The van der Waals surface area contributed by atoms with Gasteiger partial charge in [-0.15, -0.1) is 0 Å². The largest absolute Gasteiger partial charge is 0.487 e. The SMILES string of the molecule is CC1(C)Cc2ccc(C3(N=C=O)CCC3)cc2O1. The molecule has 0 saturated heterocycles. The number of hydrogen-bond donors (Lipinski definition) is 0. The number of benzene rings is 1. The highest BCUT2D eigenvalue weighted by Gasteiger charge is 2.40. The normalized spacial score (nSPS) is 22.3. The minimum atomic E-state index is -0.327. The van der Waals surface area contributed by atoms with E-state index in [1.807, 2.05) is 0 Å². The molecule has 94 valence electrons. The number of carbonyl (C=O) groups excluding carboxylic acids is 1. The van der Waals surface area contributed by atoms with Crippen LogP contribution in [0.5, 0.6) is 5.75 Å². The molecule has 0 aromatic heterocycles. The summed E-state index contributed by atoms with van der Waals surface area (Å²) in [5.41, 5.74) is 1.89. The third kappa shape index (κ3) is 1.67. The van der Waals surface area contributed by atoms with Crippen LogP contribution in [0.15, 0.2) is 23.2 Å². The zero-order chi connectivity index (χ0) is 12.8. The van der Waals surface area contributed by atoms with Crippen LogP contribution < -0.4 is 4.74 Å². The number of fused-ring (bicyclic) bond motifs is 1. The summed E-state index contributed by atoms with van der Waals surface area (Å²) in [6.07, 6.45) is 5.65. The molecule has 0 atom stereocenters. The molecule has 3 heteroatoms. The molecule has 1 aliphatic heterocycles. The monoisotopic (exact) mass is 243 g/mol. The molecule has 18 heavy (non-hydrogen) atoms. The van der Waals surface area contributed by atoms with Crippen molar-refractivity contribution in [1.29, 1.82) is 0 Å². The Morgan fingerprint density at radius 2 is 2.11 bits per heavy atom. The maximum Gasteiger partial charge on any atom is 0.235 e. The molecular weight excluding hydrogens is 226 g/mol. The zero-order valence-electron chi connectivity index (χ0n) is 10.8. The lowest BCUT2D eigenvalue weighted by molar-refractivity contribution is 0.138. The minimum Gasteiger partial charge on any atom is -0.487 e. The van der Waals surface area contributed by atoms with E-state index >= 15 is 0 Å². The molecule has 0 N–H and O–H groups in total. The Balaban J connectivity index is 1.99. The second-order valence-corrected chi connectivity index (χ2v) is 5.95. The Hall–Kier alpha value is -1.60. The fraction of sp³-hybridized carbons (Fsp3) is 0.533. The minimum absolute atomic E-state index is 0.123. The Bertz CT molecular complexity index is 537. The molecule has 1 aromatic rings. The fourth-order valence-corrected chi connectivity index (χ4v) is 2.94. The predicted octanol–water partition coefficient (Wildman–Crippen LogP) is 3.12. The topological polar surface area (TPSA) is 38.7 Å². The lowest BCUT2D eigenvalue weighted by atomic mass is 9.72. The Morgan fingerprint density at radius 1 is 1.33 bits per heavy atom. The fourth-order valence-electron chi connectivity index (χ4n) is 2.94. The quantitative estimate of drug-likeness (QED) is 0.591. The second-order valence-electron chi connectivity index (χ2n) is 5.95. The third-order valence-corrected chi connectivity index (χ3v) is 4.05. The predicted molar refractivity (Wildman–Crippen MR) is 68.5 cm³/mol. The van der Waals surface area contributed by atoms with Gasteiger partial charge in [0.05, 0.1) is 5.54 Å². The molecule has 3 nitrogen and oxygen atoms in total. The van der Waals surface area contributed by atoms with E-state index in [4.69, 9.17) is 4.74 Å². The molecule has 0 radical (unpaired) electrons. The van der Waals surface area contributed by atoms with Gasteiger partial charge in [0.1, 0.15) is 11.4 Å². The van der Waals surface area contributed by atoms with Crippen molar-refractivity contribution in [3.8, 4) is 5.75 Å². The van der Waals surface area contributed by atoms with E-state index in [2.05, 4.69) is 37.0 Å². The standard InChI is InChI=1S/C15H17NO2/c1-14(2)9-11-4-5-12(8-13(11)18-14)15(16-10-17)6-3-7-15/h4-5,8H,3,6-7,9H2,1-2H3. The van der Waals surface area contributed by atoms with E-state index in [9.17, 15) is 4.79 Å². The van der Waals surface area contributed by atoms with Gasteiger partial charge in [-0.05, 0) is 50.3 Å². The van der Waals surface area contributed by atoms with Crippen molar-refractivity contribution in [2.45, 2.75) is 50.7 Å². The molecule has 2 aliphatic rings. The molecule has 0 unspecified atom stereocenters. The Kier molecular flexibility index (Phi) is 2.36. The van der Waals surface area contributed by atoms with Gasteiger partial charge in [0.15, 0.2) is 0 Å². The highest BCUT2D eigenvalue weighted by molar-refractivity contribution is 5.46. The van der Waals surface area contributed by atoms with Crippen LogP contribution in [0.25, 0.3) is 0 Å². The molecule has 1 heterocycles. The molecule has 1 aromatic carbocycles. The van der Waals surface area contributed by atoms with Gasteiger partial charge in [0, 0.05) is 6.42 Å². The Morgan fingerprint density at radius 3 is 2.72 bits per heavy atom. The number of hydrogen-bond acceptors (Lipinski definition) is 3. The van der Waals surface area contributed by atoms with E-state index in [0.717, 1.165) is 37.0 Å². The second kappa shape index (κ2) is 3.69. The van der Waals surface area contributed by atoms with E-state index in [1.165, 1.54) is 5.56 Å². The van der Waals surface area contributed by atoms with E-state index in [-0.39, 0.29) is 11.1 Å². The van der Waals surface area contributed by atoms with Crippen LogP contribution in [-0.4, -0.2) is 11.7 Å². The summed E-state index contributed by atoms with van der Waals surface area (Å²) in [7, 11) is 0. The third-order valence-electron chi connectivity index (χ3n) is 4.05. The van der Waals surface area contributed by atoms with Crippen molar-refractivity contribution in [3.05, 3.63) is 29.3 Å². The number of ether oxygens (including phenoxy) is 1. The van der Waals surface area contributed by atoms with Crippen molar-refractivity contribution in [2.75, 3.05) is 0 Å². The first-order valence-corrected chi connectivity index (χ1v) is 6.46. The molecule has 0 amide bonds. The number of aliphatic imine (C=N–C) groups is 1. The first-order chi connectivity index (χ1) is 8.55. The van der Waals surface area contributed by atoms with Gasteiger partial charge in [-0.3, -0.25) is 0 Å². The van der Waals surface area contributed by atoms with E-state index in [1.54, 1.807) is 6.08 Å². The van der Waals surface area contributed by atoms with Gasteiger partial charge in [-0.25, -0.2) is 4.79 Å². The number of nitrogens with zero attached hydrogens (tertiary/aromatic N) is 1. The lowest BCUT2D eigenvalue weighted by Gasteiger charge is -2.37. The highest BCUT2D eigenvalue weighted by Crippen LogP contribution is 2.47. The first-order valence-electron chi connectivity index (χ1n) is 6.46. The van der Waals surface area contributed by atoms with Crippen LogP contribution in [0.4, 0.5) is 0 Å². The van der Waals surface area contributed by atoms with Gasteiger partial charge in [-0.2, -0.15) is 4.99 Å². The average molecular weight is 243 g/mol. The van der Waals surface area contributed by atoms with Gasteiger partial charge in [0.25, 0.3) is 0 Å². The molecule has 3 rings (SSSR count). The van der Waals surface area contributed by atoms with Gasteiger partial charge in [0.2, 0.25) is 6.08 Å². The van der Waals surface area contributed by atoms with Crippen LogP contribution in [0, 0.1) is 0 Å². The van der Waals surface area contributed by atoms with Gasteiger partial charge in [-0.1, -0.05) is 12.1 Å². The summed E-state index contributed by atoms with van der Waals surface area (Å²) < 4.78 is 5.94.